The van der Waals surface area contributed by atoms with Crippen molar-refractivity contribution in [1.82, 2.24) is 5.01 Å². The van der Waals surface area contributed by atoms with Gasteiger partial charge in [0.25, 0.3) is 0 Å². The zero-order valence-electron chi connectivity index (χ0n) is 13.9. The summed E-state index contributed by atoms with van der Waals surface area (Å²) < 4.78 is 11.8. The molecule has 2 unspecified atom stereocenters. The molecule has 0 bridgehead atoms. The van der Waals surface area contributed by atoms with E-state index in [1.807, 2.05) is 29.3 Å². The summed E-state index contributed by atoms with van der Waals surface area (Å²) >= 11 is 0. The van der Waals surface area contributed by atoms with Crippen LogP contribution >= 0.6 is 0 Å². The number of hydrogen-bond donors (Lipinski definition) is 0. The molecule has 0 fully saturated rings. The van der Waals surface area contributed by atoms with Gasteiger partial charge in [-0.2, -0.15) is 5.10 Å². The summed E-state index contributed by atoms with van der Waals surface area (Å²) in [5.41, 5.74) is 4.68. The number of para-hydroxylation sites is 1. The molecule has 124 valence electrons. The maximum atomic E-state index is 6.22. The molecule has 2 atom stereocenters. The zero-order chi connectivity index (χ0) is 16.8. The maximum absolute atomic E-state index is 6.22. The highest BCUT2D eigenvalue weighted by atomic mass is 16.5. The fraction of sp³-hybridized carbons (Fsp3) is 0.190. The van der Waals surface area contributed by atoms with Gasteiger partial charge in [-0.1, -0.05) is 48.0 Å². The molecule has 0 N–H and O–H groups in total. The summed E-state index contributed by atoms with van der Waals surface area (Å²) in [6.07, 6.45) is 2.20. The molecule has 1 aromatic heterocycles. The van der Waals surface area contributed by atoms with Gasteiger partial charge in [0.2, 0.25) is 6.23 Å². The monoisotopic (exact) mass is 330 g/mol. The first-order valence-corrected chi connectivity index (χ1v) is 8.51. The highest BCUT2D eigenvalue weighted by Gasteiger charge is 2.41. The molecule has 0 spiro atoms. The predicted molar refractivity (Wildman–Crippen MR) is 95.4 cm³/mol. The van der Waals surface area contributed by atoms with E-state index in [9.17, 15) is 0 Å². The Morgan fingerprint density at radius 2 is 1.84 bits per heavy atom. The quantitative estimate of drug-likeness (QED) is 0.675. The van der Waals surface area contributed by atoms with E-state index in [0.717, 1.165) is 29.2 Å². The van der Waals surface area contributed by atoms with Crippen LogP contribution in [0.2, 0.25) is 0 Å². The summed E-state index contributed by atoms with van der Waals surface area (Å²) in [6, 6.07) is 20.7. The molecule has 2 aliphatic heterocycles. The molecule has 3 heterocycles. The Kier molecular flexibility index (Phi) is 3.17. The van der Waals surface area contributed by atoms with Gasteiger partial charge in [-0.25, -0.2) is 5.01 Å². The minimum atomic E-state index is -0.335. The molecule has 0 saturated carbocycles. The summed E-state index contributed by atoms with van der Waals surface area (Å²) in [6.45, 7) is 2.10. The molecular weight excluding hydrogens is 312 g/mol. The van der Waals surface area contributed by atoms with Gasteiger partial charge < -0.3 is 9.15 Å². The molecule has 0 amide bonds. The van der Waals surface area contributed by atoms with E-state index >= 15 is 0 Å². The van der Waals surface area contributed by atoms with Crippen LogP contribution in [0.25, 0.3) is 0 Å². The lowest BCUT2D eigenvalue weighted by molar-refractivity contribution is -0.0325. The average molecular weight is 330 g/mol. The molecule has 3 aromatic rings. The lowest BCUT2D eigenvalue weighted by Crippen LogP contribution is -2.33. The number of aryl methyl sites for hydroxylation is 1. The smallest absolute Gasteiger partial charge is 0.246 e. The molecule has 0 radical (unpaired) electrons. The van der Waals surface area contributed by atoms with Crippen molar-refractivity contribution in [3.8, 4) is 5.75 Å². The second kappa shape index (κ2) is 5.52. The Bertz CT molecular complexity index is 929. The highest BCUT2D eigenvalue weighted by Crippen LogP contribution is 2.47. The average Bonchev–Trinajstić information content (AvgIpc) is 3.32. The van der Waals surface area contributed by atoms with Crippen LogP contribution in [0.4, 0.5) is 0 Å². The first-order chi connectivity index (χ1) is 12.3. The molecule has 2 aromatic carbocycles. The van der Waals surface area contributed by atoms with Crippen molar-refractivity contribution in [3.63, 3.8) is 0 Å². The van der Waals surface area contributed by atoms with E-state index in [0.29, 0.717) is 0 Å². The van der Waals surface area contributed by atoms with E-state index in [2.05, 4.69) is 43.3 Å². The molecule has 0 saturated heterocycles. The highest BCUT2D eigenvalue weighted by molar-refractivity contribution is 6.02. The zero-order valence-corrected chi connectivity index (χ0v) is 13.9. The Balaban J connectivity index is 1.59. The number of rotatable bonds is 2. The van der Waals surface area contributed by atoms with Gasteiger partial charge in [-0.15, -0.1) is 0 Å². The van der Waals surface area contributed by atoms with Crippen LogP contribution in [-0.2, 0) is 0 Å². The van der Waals surface area contributed by atoms with Crippen LogP contribution in [0.15, 0.2) is 76.4 Å². The standard InChI is InChI=1S/C21H18N2O2/c1-14-8-10-15(11-9-14)17-13-18-16-5-2-3-6-19(16)25-21(23(18)22-17)20-7-4-12-24-20/h2-12,18,21H,13H2,1H3. The van der Waals surface area contributed by atoms with Crippen LogP contribution < -0.4 is 4.74 Å². The van der Waals surface area contributed by atoms with Gasteiger partial charge in [0.1, 0.15) is 5.75 Å². The number of fused-ring (bicyclic) bond motifs is 3. The second-order valence-electron chi connectivity index (χ2n) is 6.54. The topological polar surface area (TPSA) is 38.0 Å². The first kappa shape index (κ1) is 14.3. The minimum absolute atomic E-state index is 0.163. The van der Waals surface area contributed by atoms with Crippen LogP contribution in [0, 0.1) is 6.92 Å². The van der Waals surface area contributed by atoms with Gasteiger partial charge in [-0.3, -0.25) is 0 Å². The lowest BCUT2D eigenvalue weighted by atomic mass is 9.96. The van der Waals surface area contributed by atoms with Crippen molar-refractivity contribution >= 4 is 5.71 Å². The predicted octanol–water partition coefficient (Wildman–Crippen LogP) is 4.83. The Morgan fingerprint density at radius 3 is 2.64 bits per heavy atom. The number of hydrazone groups is 1. The largest absolute Gasteiger partial charge is 0.463 e. The number of nitrogens with zero attached hydrogens (tertiary/aromatic N) is 2. The van der Waals surface area contributed by atoms with Crippen molar-refractivity contribution in [2.45, 2.75) is 25.6 Å². The lowest BCUT2D eigenvalue weighted by Gasteiger charge is -2.36. The third-order valence-electron chi connectivity index (χ3n) is 4.87. The third-order valence-corrected chi connectivity index (χ3v) is 4.87. The van der Waals surface area contributed by atoms with Gasteiger partial charge >= 0.3 is 0 Å². The fourth-order valence-electron chi connectivity index (χ4n) is 3.57. The molecule has 0 aliphatic carbocycles. The number of benzene rings is 2. The van der Waals surface area contributed by atoms with Crippen LogP contribution in [-0.4, -0.2) is 10.7 Å². The molecule has 4 heteroatoms. The molecule has 4 nitrogen and oxygen atoms in total. The first-order valence-electron chi connectivity index (χ1n) is 8.51. The normalized spacial score (nSPS) is 21.3. The summed E-state index contributed by atoms with van der Waals surface area (Å²) in [4.78, 5) is 0. The van der Waals surface area contributed by atoms with Crippen molar-refractivity contribution in [1.29, 1.82) is 0 Å². The fourth-order valence-corrected chi connectivity index (χ4v) is 3.57. The number of hydrogen-bond acceptors (Lipinski definition) is 4. The molecular formula is C21H18N2O2. The number of furan rings is 1. The van der Waals surface area contributed by atoms with Gasteiger partial charge in [-0.05, 0) is 30.7 Å². The Hall–Kier alpha value is -3.01. The van der Waals surface area contributed by atoms with Crippen LogP contribution in [0.5, 0.6) is 5.75 Å². The Labute approximate surface area is 146 Å². The summed E-state index contributed by atoms with van der Waals surface area (Å²) in [5.74, 6) is 1.68. The van der Waals surface area contributed by atoms with Gasteiger partial charge in [0, 0.05) is 12.0 Å². The second-order valence-corrected chi connectivity index (χ2v) is 6.54. The van der Waals surface area contributed by atoms with E-state index < -0.39 is 0 Å². The van der Waals surface area contributed by atoms with Crippen LogP contribution in [0.3, 0.4) is 0 Å². The summed E-state index contributed by atoms with van der Waals surface area (Å²) in [5, 5.41) is 6.95. The Morgan fingerprint density at radius 1 is 1.00 bits per heavy atom. The molecule has 5 rings (SSSR count). The van der Waals surface area contributed by atoms with Crippen molar-refractivity contribution < 1.29 is 9.15 Å². The maximum Gasteiger partial charge on any atom is 0.246 e. The van der Waals surface area contributed by atoms with E-state index in [1.165, 1.54) is 11.1 Å². The third kappa shape index (κ3) is 2.33. The number of ether oxygens (including phenoxy) is 1. The summed E-state index contributed by atoms with van der Waals surface area (Å²) in [7, 11) is 0. The minimum Gasteiger partial charge on any atom is -0.463 e. The van der Waals surface area contributed by atoms with E-state index in [-0.39, 0.29) is 12.3 Å². The van der Waals surface area contributed by atoms with E-state index in [4.69, 9.17) is 14.3 Å². The van der Waals surface area contributed by atoms with Gasteiger partial charge in [0.05, 0.1) is 18.0 Å². The van der Waals surface area contributed by atoms with Crippen molar-refractivity contribution in [3.05, 3.63) is 89.4 Å². The van der Waals surface area contributed by atoms with E-state index in [1.54, 1.807) is 6.26 Å². The van der Waals surface area contributed by atoms with Gasteiger partial charge in [0.15, 0.2) is 5.76 Å². The SMILES string of the molecule is Cc1ccc(C2=NN3C(C2)c2ccccc2OC3c2ccco2)cc1. The van der Waals surface area contributed by atoms with Crippen molar-refractivity contribution in [2.24, 2.45) is 5.10 Å². The van der Waals surface area contributed by atoms with Crippen molar-refractivity contribution in [2.75, 3.05) is 0 Å². The van der Waals surface area contributed by atoms with Crippen LogP contribution in [0.1, 0.15) is 41.1 Å². The molecule has 2 aliphatic rings. The molecule has 25 heavy (non-hydrogen) atoms.